The van der Waals surface area contributed by atoms with E-state index in [1.165, 1.54) is 12.3 Å². The van der Waals surface area contributed by atoms with Crippen molar-refractivity contribution in [2.75, 3.05) is 65.8 Å². The van der Waals surface area contributed by atoms with E-state index < -0.39 is 49.2 Å². The molecule has 3 amide bonds. The first-order valence-electron chi connectivity index (χ1n) is 20.3. The summed E-state index contributed by atoms with van der Waals surface area (Å²) in [4.78, 5) is 47.1. The Labute approximate surface area is 361 Å². The molecule has 0 aliphatic carbocycles. The normalized spacial score (nSPS) is 14.4. The Hall–Kier alpha value is -7.06. The monoisotopic (exact) mass is 857 g/mol. The summed E-state index contributed by atoms with van der Waals surface area (Å²) in [6.07, 6.45) is 2.33. The van der Waals surface area contributed by atoms with Crippen molar-refractivity contribution in [2.24, 2.45) is 5.73 Å². The van der Waals surface area contributed by atoms with Crippen LogP contribution >= 0.6 is 0 Å². The van der Waals surface area contributed by atoms with Crippen molar-refractivity contribution in [3.63, 3.8) is 0 Å². The fraction of sp³-hybridized carbons (Fsp3) is 0.277. The molecule has 0 radical (unpaired) electrons. The molecule has 3 heterocycles. The van der Waals surface area contributed by atoms with Crippen molar-refractivity contribution in [3.8, 4) is 39.8 Å². The second kappa shape index (κ2) is 20.7. The molecular weight excluding hydrogens is 813 g/mol. The number of primary amides is 1. The Morgan fingerprint density at radius 1 is 0.714 bits per heavy atom. The van der Waals surface area contributed by atoms with Gasteiger partial charge in [-0.2, -0.15) is 5.26 Å². The molecule has 6 aromatic rings. The number of pyridine rings is 2. The third-order valence-corrected chi connectivity index (χ3v) is 10.3. The van der Waals surface area contributed by atoms with Crippen LogP contribution in [0, 0.1) is 11.3 Å². The minimum atomic E-state index is -3.14. The molecule has 1 aliphatic heterocycles. The first-order chi connectivity index (χ1) is 30.6. The van der Waals surface area contributed by atoms with E-state index in [9.17, 15) is 28.4 Å². The third kappa shape index (κ3) is 11.5. The van der Waals surface area contributed by atoms with Gasteiger partial charge in [0.1, 0.15) is 30.8 Å². The van der Waals surface area contributed by atoms with Crippen molar-refractivity contribution in [3.05, 3.63) is 121 Å². The molecule has 0 unspecified atom stereocenters. The number of ether oxygens (including phenoxy) is 4. The van der Waals surface area contributed by atoms with Gasteiger partial charge in [0.05, 0.1) is 67.7 Å². The van der Waals surface area contributed by atoms with Gasteiger partial charge in [-0.1, -0.05) is 36.4 Å². The molecule has 1 aliphatic rings. The van der Waals surface area contributed by atoms with Crippen LogP contribution in [0.15, 0.2) is 109 Å². The van der Waals surface area contributed by atoms with Crippen LogP contribution in [-0.2, 0) is 14.3 Å². The van der Waals surface area contributed by atoms with Crippen molar-refractivity contribution in [1.82, 2.24) is 25.5 Å². The molecule has 4 N–H and O–H groups in total. The van der Waals surface area contributed by atoms with E-state index in [4.69, 9.17) is 24.7 Å². The number of alkyl halides is 2. The van der Waals surface area contributed by atoms with E-state index in [2.05, 4.69) is 20.6 Å². The highest BCUT2D eigenvalue weighted by Gasteiger charge is 2.47. The highest BCUT2D eigenvalue weighted by molar-refractivity contribution is 6.08. The van der Waals surface area contributed by atoms with Gasteiger partial charge in [0.2, 0.25) is 11.8 Å². The maximum Gasteiger partial charge on any atom is 0.268 e. The van der Waals surface area contributed by atoms with Crippen LogP contribution in [0.25, 0.3) is 44.1 Å². The number of fused-ring (bicyclic) bond motifs is 2. The number of halogens is 2. The Bertz CT molecular complexity index is 2610. The average molecular weight is 858 g/mol. The molecule has 16 heteroatoms. The lowest BCUT2D eigenvalue weighted by Crippen LogP contribution is -2.43. The van der Waals surface area contributed by atoms with Gasteiger partial charge in [-0.25, -0.2) is 8.78 Å². The second-order valence-electron chi connectivity index (χ2n) is 14.7. The molecule has 1 atom stereocenters. The van der Waals surface area contributed by atoms with Gasteiger partial charge in [0, 0.05) is 42.7 Å². The quantitative estimate of drug-likeness (QED) is 0.0789. The van der Waals surface area contributed by atoms with Crippen LogP contribution in [0.3, 0.4) is 0 Å². The number of benzene rings is 4. The molecule has 0 bridgehead atoms. The maximum absolute atomic E-state index is 13.8. The van der Waals surface area contributed by atoms with E-state index in [1.807, 2.05) is 78.9 Å². The molecule has 63 heavy (non-hydrogen) atoms. The van der Waals surface area contributed by atoms with Crippen LogP contribution in [0.5, 0.6) is 11.5 Å². The number of carbonyl (C=O) groups excluding carboxylic acids is 3. The van der Waals surface area contributed by atoms with Crippen LogP contribution in [-0.4, -0.2) is 110 Å². The molecule has 1 fully saturated rings. The summed E-state index contributed by atoms with van der Waals surface area (Å²) < 4.78 is 50.7. The SMILES string of the molecule is N#C[C@@H]1CC(F)(F)CN1C(=O)CNC(=O)c1ccnc2ccc(-c3ccc(OCCOCCNCCOCCOc4ccc(-c5ccc6nccc(C(N)=O)c6c5)cc4)cc3)cc12. The number of amides is 3. The number of nitrogens with one attached hydrogen (secondary N) is 2. The minimum Gasteiger partial charge on any atom is -0.491 e. The first kappa shape index (κ1) is 44.0. The van der Waals surface area contributed by atoms with E-state index in [0.717, 1.165) is 32.9 Å². The van der Waals surface area contributed by atoms with E-state index in [0.29, 0.717) is 85.8 Å². The van der Waals surface area contributed by atoms with Crippen LogP contribution in [0.2, 0.25) is 0 Å². The minimum absolute atomic E-state index is 0.268. The second-order valence-corrected chi connectivity index (χ2v) is 14.7. The summed E-state index contributed by atoms with van der Waals surface area (Å²) in [6.45, 7) is 2.60. The largest absolute Gasteiger partial charge is 0.491 e. The lowest BCUT2D eigenvalue weighted by Gasteiger charge is -2.19. The standard InChI is InChI=1S/C47H45F2N7O7/c48-47(49)27-35(28-50)56(30-47)44(57)29-55-46(59)39-14-16-54-43-12-6-34(26-41(39)43)32-3-9-37(10-4-32)63-24-22-61-20-18-52-17-19-60-21-23-62-36-7-1-31(2-8-36)33-5-11-42-40(25-33)38(45(51)58)13-15-53-42/h1-16,25-26,35,52H,17-24,27,29-30H2,(H2,51,58)(H,55,59)/t35-/m0/s1. The first-order valence-corrected chi connectivity index (χ1v) is 20.3. The topological polar surface area (TPSA) is 191 Å². The summed E-state index contributed by atoms with van der Waals surface area (Å²) in [6, 6.07) is 30.1. The molecular formula is C47H45F2N7O7. The molecule has 324 valence electrons. The van der Waals surface area contributed by atoms with Crippen LogP contribution < -0.4 is 25.8 Å². The van der Waals surface area contributed by atoms with Crippen molar-refractivity contribution >= 4 is 39.5 Å². The Balaban J connectivity index is 0.752. The van der Waals surface area contributed by atoms with E-state index in [1.54, 1.807) is 24.4 Å². The van der Waals surface area contributed by atoms with Crippen molar-refractivity contribution in [2.45, 2.75) is 18.4 Å². The molecule has 2 aromatic heterocycles. The van der Waals surface area contributed by atoms with Gasteiger partial charge in [-0.3, -0.25) is 24.4 Å². The highest BCUT2D eigenvalue weighted by atomic mass is 19.3. The van der Waals surface area contributed by atoms with Crippen molar-refractivity contribution < 1.29 is 42.1 Å². The summed E-state index contributed by atoms with van der Waals surface area (Å²) in [5.41, 5.74) is 11.1. The Morgan fingerprint density at radius 2 is 1.22 bits per heavy atom. The number of carbonyl (C=O) groups is 3. The van der Waals surface area contributed by atoms with Gasteiger partial charge in [-0.15, -0.1) is 0 Å². The zero-order valence-electron chi connectivity index (χ0n) is 34.2. The molecule has 14 nitrogen and oxygen atoms in total. The summed E-state index contributed by atoms with van der Waals surface area (Å²) in [5.74, 6) is -3.56. The Kier molecular flexibility index (Phi) is 14.4. The molecule has 1 saturated heterocycles. The number of nitrogens with zero attached hydrogens (tertiary/aromatic N) is 4. The molecule has 0 saturated carbocycles. The van der Waals surface area contributed by atoms with Gasteiger partial charge in [-0.05, 0) is 82.9 Å². The van der Waals surface area contributed by atoms with Gasteiger partial charge in [0.15, 0.2) is 0 Å². The lowest BCUT2D eigenvalue weighted by molar-refractivity contribution is -0.131. The third-order valence-electron chi connectivity index (χ3n) is 10.3. The molecule has 4 aromatic carbocycles. The fourth-order valence-corrected chi connectivity index (χ4v) is 7.15. The Morgan fingerprint density at radius 3 is 1.75 bits per heavy atom. The number of nitrogens with two attached hydrogens (primary N) is 1. The number of aromatic nitrogens is 2. The lowest BCUT2D eigenvalue weighted by atomic mass is 10.0. The number of hydrogen-bond acceptors (Lipinski definition) is 11. The van der Waals surface area contributed by atoms with Crippen LogP contribution in [0.1, 0.15) is 27.1 Å². The number of likely N-dealkylation sites (tertiary alicyclic amines) is 1. The van der Waals surface area contributed by atoms with Crippen molar-refractivity contribution in [1.29, 1.82) is 5.26 Å². The van der Waals surface area contributed by atoms with Crippen LogP contribution in [0.4, 0.5) is 8.78 Å². The number of hydrogen-bond donors (Lipinski definition) is 3. The zero-order valence-corrected chi connectivity index (χ0v) is 34.2. The predicted octanol–water partition coefficient (Wildman–Crippen LogP) is 5.79. The molecule has 7 rings (SSSR count). The average Bonchev–Trinajstić information content (AvgIpc) is 3.63. The zero-order chi connectivity index (χ0) is 44.2. The van der Waals surface area contributed by atoms with E-state index in [-0.39, 0.29) is 5.56 Å². The summed E-state index contributed by atoms with van der Waals surface area (Å²) in [7, 11) is 0. The maximum atomic E-state index is 13.8. The summed E-state index contributed by atoms with van der Waals surface area (Å²) in [5, 5.41) is 16.3. The van der Waals surface area contributed by atoms with Gasteiger partial charge < -0.3 is 40.2 Å². The number of nitriles is 1. The number of rotatable bonds is 20. The van der Waals surface area contributed by atoms with Gasteiger partial charge in [0.25, 0.3) is 11.8 Å². The van der Waals surface area contributed by atoms with Gasteiger partial charge >= 0.3 is 0 Å². The predicted molar refractivity (Wildman–Crippen MR) is 231 cm³/mol. The van der Waals surface area contributed by atoms with E-state index >= 15 is 0 Å². The fourth-order valence-electron chi connectivity index (χ4n) is 7.15. The smallest absolute Gasteiger partial charge is 0.268 e. The molecule has 0 spiro atoms. The highest BCUT2D eigenvalue weighted by Crippen LogP contribution is 2.32. The summed E-state index contributed by atoms with van der Waals surface area (Å²) >= 11 is 0.